The molecule has 3 heterocycles. The van der Waals surface area contributed by atoms with Crippen LogP contribution in [0.1, 0.15) is 76.0 Å². The highest BCUT2D eigenvalue weighted by Gasteiger charge is 2.34. The summed E-state index contributed by atoms with van der Waals surface area (Å²) in [5, 5.41) is 9.85. The Morgan fingerprint density at radius 3 is 2.47 bits per heavy atom. The fourth-order valence-corrected chi connectivity index (χ4v) is 6.00. The number of aromatic nitrogens is 1. The molecule has 0 N–H and O–H groups in total. The van der Waals surface area contributed by atoms with Gasteiger partial charge in [-0.1, -0.05) is 70.4 Å². The minimum Gasteiger partial charge on any atom is -0.378 e. The van der Waals surface area contributed by atoms with Gasteiger partial charge in [-0.15, -0.1) is 0 Å². The molecule has 0 saturated carbocycles. The first-order chi connectivity index (χ1) is 17.4. The number of carbonyl (C=O) groups is 1. The van der Waals surface area contributed by atoms with Crippen LogP contribution in [0.15, 0.2) is 9.70 Å². The molecule has 1 aromatic heterocycles. The molecule has 2 fully saturated rings. The van der Waals surface area contributed by atoms with E-state index in [0.29, 0.717) is 60.1 Å². The van der Waals surface area contributed by atoms with E-state index in [9.17, 15) is 14.9 Å². The number of unbranched alkanes of at least 4 members (excludes halogenated alkanes) is 2. The predicted molar refractivity (Wildman–Crippen MR) is 151 cm³/mol. The topological polar surface area (TPSA) is 78.6 Å². The Kier molecular flexibility index (Phi) is 10.6. The summed E-state index contributed by atoms with van der Waals surface area (Å²) in [6.45, 7) is 11.8. The number of morpholine rings is 1. The van der Waals surface area contributed by atoms with Gasteiger partial charge in [0.15, 0.2) is 0 Å². The first-order valence-corrected chi connectivity index (χ1v) is 14.4. The van der Waals surface area contributed by atoms with Crippen molar-refractivity contribution in [2.45, 2.75) is 72.8 Å². The number of thiocarbonyl (C=S) groups is 1. The van der Waals surface area contributed by atoms with Crippen LogP contribution in [0.25, 0.3) is 6.08 Å². The van der Waals surface area contributed by atoms with Crippen molar-refractivity contribution in [2.24, 2.45) is 5.92 Å². The molecule has 3 rings (SSSR count). The van der Waals surface area contributed by atoms with Crippen LogP contribution in [-0.4, -0.2) is 52.5 Å². The number of anilines is 1. The molecular weight excluding hydrogens is 492 g/mol. The third kappa shape index (κ3) is 6.21. The van der Waals surface area contributed by atoms with Crippen LogP contribution in [0.2, 0.25) is 0 Å². The number of pyridine rings is 1. The number of carbonyl (C=O) groups excluding carboxylic acids is 1. The SMILES string of the molecule is CCCCC(CC)CN1C(=O)/C(=C\c2c(C)c(C#N)c(=O)n(CCCC)c2N2CCOCC2)SC1=S. The molecule has 1 unspecified atom stereocenters. The zero-order valence-corrected chi connectivity index (χ0v) is 23.6. The number of thioether (sulfide) groups is 1. The second-order valence-corrected chi connectivity index (χ2v) is 11.1. The van der Waals surface area contributed by atoms with Crippen molar-refractivity contribution in [3.63, 3.8) is 0 Å². The molecule has 0 spiro atoms. The lowest BCUT2D eigenvalue weighted by Crippen LogP contribution is -2.41. The van der Waals surface area contributed by atoms with Crippen molar-refractivity contribution in [3.8, 4) is 6.07 Å². The van der Waals surface area contributed by atoms with Gasteiger partial charge in [-0.05, 0) is 37.3 Å². The van der Waals surface area contributed by atoms with Crippen molar-refractivity contribution < 1.29 is 9.53 Å². The Labute approximate surface area is 224 Å². The van der Waals surface area contributed by atoms with E-state index in [1.165, 1.54) is 11.8 Å². The lowest BCUT2D eigenvalue weighted by atomic mass is 9.99. The number of hydrogen-bond donors (Lipinski definition) is 0. The lowest BCUT2D eigenvalue weighted by Gasteiger charge is -2.33. The Balaban J connectivity index is 2.09. The highest BCUT2D eigenvalue weighted by Crippen LogP contribution is 2.37. The Bertz CT molecular complexity index is 1100. The molecule has 0 aromatic carbocycles. The van der Waals surface area contributed by atoms with E-state index in [4.69, 9.17) is 17.0 Å². The highest BCUT2D eigenvalue weighted by atomic mass is 32.2. The molecule has 0 bridgehead atoms. The minimum absolute atomic E-state index is 0.0860. The van der Waals surface area contributed by atoms with Crippen LogP contribution < -0.4 is 10.5 Å². The number of nitriles is 1. The number of rotatable bonds is 11. The van der Waals surface area contributed by atoms with E-state index < -0.39 is 0 Å². The van der Waals surface area contributed by atoms with Crippen LogP contribution in [0.3, 0.4) is 0 Å². The molecule has 1 aromatic rings. The van der Waals surface area contributed by atoms with E-state index in [0.717, 1.165) is 49.9 Å². The fourth-order valence-electron chi connectivity index (χ4n) is 4.75. The Hall–Kier alpha value is -2.15. The van der Waals surface area contributed by atoms with Gasteiger partial charge in [-0.2, -0.15) is 5.26 Å². The molecule has 36 heavy (non-hydrogen) atoms. The number of ether oxygens (including phenoxy) is 1. The minimum atomic E-state index is -0.267. The normalized spacial score (nSPS) is 18.2. The van der Waals surface area contributed by atoms with E-state index in [1.54, 1.807) is 16.4 Å². The average Bonchev–Trinajstić information content (AvgIpc) is 3.15. The quantitative estimate of drug-likeness (QED) is 0.291. The summed E-state index contributed by atoms with van der Waals surface area (Å²) in [5.74, 6) is 1.10. The molecule has 0 radical (unpaired) electrons. The molecule has 2 aliphatic heterocycles. The summed E-state index contributed by atoms with van der Waals surface area (Å²) >= 11 is 6.94. The van der Waals surface area contributed by atoms with Gasteiger partial charge in [0, 0.05) is 31.7 Å². The zero-order valence-electron chi connectivity index (χ0n) is 22.0. The van der Waals surface area contributed by atoms with Crippen LogP contribution in [0.5, 0.6) is 0 Å². The number of hydrogen-bond acceptors (Lipinski definition) is 7. The monoisotopic (exact) mass is 530 g/mol. The van der Waals surface area contributed by atoms with Crippen LogP contribution in [0, 0.1) is 24.2 Å². The largest absolute Gasteiger partial charge is 0.378 e. The number of nitrogens with zero attached hydrogens (tertiary/aromatic N) is 4. The molecule has 1 amide bonds. The van der Waals surface area contributed by atoms with Gasteiger partial charge in [0.25, 0.3) is 11.5 Å². The average molecular weight is 531 g/mol. The zero-order chi connectivity index (χ0) is 26.2. The first-order valence-electron chi connectivity index (χ1n) is 13.1. The van der Waals surface area contributed by atoms with Gasteiger partial charge in [0.2, 0.25) is 0 Å². The summed E-state index contributed by atoms with van der Waals surface area (Å²) in [4.78, 5) is 31.3. The van der Waals surface area contributed by atoms with Crippen molar-refractivity contribution >= 4 is 46.1 Å². The molecule has 9 heteroatoms. The second-order valence-electron chi connectivity index (χ2n) is 9.47. The molecule has 7 nitrogen and oxygen atoms in total. The summed E-state index contributed by atoms with van der Waals surface area (Å²) in [5.41, 5.74) is 1.23. The summed E-state index contributed by atoms with van der Waals surface area (Å²) in [7, 11) is 0. The van der Waals surface area contributed by atoms with E-state index >= 15 is 0 Å². The van der Waals surface area contributed by atoms with Gasteiger partial charge >= 0.3 is 0 Å². The van der Waals surface area contributed by atoms with Crippen LogP contribution >= 0.6 is 24.0 Å². The third-order valence-electron chi connectivity index (χ3n) is 7.03. The maximum atomic E-state index is 13.5. The summed E-state index contributed by atoms with van der Waals surface area (Å²) < 4.78 is 7.87. The molecule has 2 aliphatic rings. The predicted octanol–water partition coefficient (Wildman–Crippen LogP) is 5.08. The van der Waals surface area contributed by atoms with Crippen molar-refractivity contribution in [1.82, 2.24) is 9.47 Å². The van der Waals surface area contributed by atoms with E-state index in [1.807, 2.05) is 6.08 Å². The van der Waals surface area contributed by atoms with Gasteiger partial charge in [-0.3, -0.25) is 19.1 Å². The highest BCUT2D eigenvalue weighted by molar-refractivity contribution is 8.26. The lowest BCUT2D eigenvalue weighted by molar-refractivity contribution is -0.122. The molecule has 0 aliphatic carbocycles. The van der Waals surface area contributed by atoms with E-state index in [-0.39, 0.29) is 17.0 Å². The molecule has 196 valence electrons. The summed E-state index contributed by atoms with van der Waals surface area (Å²) in [6, 6.07) is 2.12. The molecular formula is C27H38N4O3S2. The maximum Gasteiger partial charge on any atom is 0.270 e. The summed E-state index contributed by atoms with van der Waals surface area (Å²) in [6.07, 6.45) is 7.96. The smallest absolute Gasteiger partial charge is 0.270 e. The molecule has 1 atom stereocenters. The Morgan fingerprint density at radius 2 is 1.86 bits per heavy atom. The second kappa shape index (κ2) is 13.4. The van der Waals surface area contributed by atoms with Crippen molar-refractivity contribution in [1.29, 1.82) is 5.26 Å². The van der Waals surface area contributed by atoms with Crippen molar-refractivity contribution in [3.05, 3.63) is 31.9 Å². The van der Waals surface area contributed by atoms with Crippen molar-refractivity contribution in [2.75, 3.05) is 37.7 Å². The standard InChI is InChI=1S/C27H38N4O3S2/c1-5-8-10-20(7-3)18-31-26(33)23(36-27(31)35)16-21-19(4)22(17-28)25(32)30(11-9-6-2)24(21)29-12-14-34-15-13-29/h16,20H,5-15,18H2,1-4H3/b23-16+. The third-order valence-corrected chi connectivity index (χ3v) is 8.40. The molecule has 2 saturated heterocycles. The van der Waals surface area contributed by atoms with Gasteiger partial charge in [0.1, 0.15) is 21.8 Å². The fraction of sp³-hybridized carbons (Fsp3) is 0.630. The maximum absolute atomic E-state index is 13.5. The van der Waals surface area contributed by atoms with Gasteiger partial charge in [-0.25, -0.2) is 0 Å². The van der Waals surface area contributed by atoms with Crippen LogP contribution in [-0.2, 0) is 16.1 Å². The number of amides is 1. The first kappa shape index (κ1) is 28.4. The van der Waals surface area contributed by atoms with Gasteiger partial charge in [0.05, 0.1) is 18.1 Å². The Morgan fingerprint density at radius 1 is 1.17 bits per heavy atom. The van der Waals surface area contributed by atoms with Crippen LogP contribution in [0.4, 0.5) is 5.82 Å². The van der Waals surface area contributed by atoms with E-state index in [2.05, 4.69) is 31.7 Å². The van der Waals surface area contributed by atoms with Gasteiger partial charge < -0.3 is 9.64 Å².